The Hall–Kier alpha value is -4.34. The van der Waals surface area contributed by atoms with Gasteiger partial charge in [-0.3, -0.25) is 10.1 Å². The van der Waals surface area contributed by atoms with E-state index in [1.165, 1.54) is 4.90 Å². The largest absolute Gasteiger partial charge is 0.444 e. The highest BCUT2D eigenvalue weighted by Gasteiger charge is 2.25. The number of likely N-dealkylation sites (N-methyl/N-ethyl adjacent to an activating group) is 1. The molecule has 0 fully saturated rings. The van der Waals surface area contributed by atoms with E-state index in [9.17, 15) is 14.4 Å². The summed E-state index contributed by atoms with van der Waals surface area (Å²) in [7, 11) is 3.33. The van der Waals surface area contributed by atoms with Gasteiger partial charge in [-0.2, -0.15) is 4.98 Å². The molecule has 194 valence electrons. The summed E-state index contributed by atoms with van der Waals surface area (Å²) in [6.45, 7) is 6.98. The molecule has 0 bridgehead atoms. The van der Waals surface area contributed by atoms with Crippen molar-refractivity contribution in [2.24, 2.45) is 0 Å². The number of carbonyl (C=O) groups is 2. The lowest BCUT2D eigenvalue weighted by Crippen LogP contribution is -2.40. The molecule has 3 N–H and O–H groups in total. The monoisotopic (exact) mass is 505 g/mol. The molecule has 0 aliphatic rings. The van der Waals surface area contributed by atoms with Crippen molar-refractivity contribution in [1.82, 2.24) is 14.9 Å². The third kappa shape index (κ3) is 5.74. The predicted molar refractivity (Wildman–Crippen MR) is 143 cm³/mol. The first kappa shape index (κ1) is 25.7. The van der Waals surface area contributed by atoms with Gasteiger partial charge in [-0.25, -0.2) is 9.59 Å². The number of amides is 2. The van der Waals surface area contributed by atoms with Crippen molar-refractivity contribution in [2.75, 3.05) is 24.7 Å². The Morgan fingerprint density at radius 3 is 2.59 bits per heavy atom. The van der Waals surface area contributed by atoms with E-state index in [-0.39, 0.29) is 17.3 Å². The number of ether oxygens (including phenoxy) is 1. The number of para-hydroxylation sites is 1. The lowest BCUT2D eigenvalue weighted by Gasteiger charge is -2.21. The molecule has 2 heterocycles. The number of aromatic amines is 1. The molecule has 37 heavy (non-hydrogen) atoms. The quantitative estimate of drug-likeness (QED) is 0.353. The normalized spacial score (nSPS) is 12.4. The molecular formula is C27H31N5O5. The van der Waals surface area contributed by atoms with Crippen LogP contribution in [-0.4, -0.2) is 52.6 Å². The van der Waals surface area contributed by atoms with Gasteiger partial charge in [0.05, 0.1) is 10.9 Å². The second-order valence-corrected chi connectivity index (χ2v) is 10.1. The minimum absolute atomic E-state index is 0.0650. The Morgan fingerprint density at radius 2 is 1.89 bits per heavy atom. The van der Waals surface area contributed by atoms with Crippen molar-refractivity contribution >= 4 is 45.5 Å². The summed E-state index contributed by atoms with van der Waals surface area (Å²) >= 11 is 0. The minimum Gasteiger partial charge on any atom is -0.444 e. The number of aryl methyl sites for hydroxylation is 1. The Morgan fingerprint density at radius 1 is 1.16 bits per heavy atom. The Balaban J connectivity index is 1.64. The van der Waals surface area contributed by atoms with Crippen molar-refractivity contribution in [1.29, 1.82) is 0 Å². The second kappa shape index (κ2) is 9.96. The number of benzene rings is 2. The zero-order chi connectivity index (χ0) is 26.9. The Bertz CT molecular complexity index is 1530. The van der Waals surface area contributed by atoms with Crippen LogP contribution in [0, 0.1) is 6.92 Å². The summed E-state index contributed by atoms with van der Waals surface area (Å²) < 4.78 is 10.8. The molecule has 10 heteroatoms. The molecule has 0 aliphatic heterocycles. The van der Waals surface area contributed by atoms with Gasteiger partial charge in [0.15, 0.2) is 0 Å². The Labute approximate surface area is 214 Å². The Kier molecular flexibility index (Phi) is 6.93. The van der Waals surface area contributed by atoms with Crippen LogP contribution in [0.4, 0.5) is 16.5 Å². The van der Waals surface area contributed by atoms with E-state index in [4.69, 9.17) is 9.15 Å². The van der Waals surface area contributed by atoms with E-state index in [0.29, 0.717) is 23.2 Å². The number of carbonyl (C=O) groups excluding carboxylic acids is 2. The van der Waals surface area contributed by atoms with E-state index in [1.54, 1.807) is 53.9 Å². The van der Waals surface area contributed by atoms with Crippen LogP contribution in [-0.2, 0) is 16.0 Å². The standard InChI is InChI=1S/C27H31N5O5/c1-15-18(31-26(35)37-27(2,3)4)11-12-20-22(15)24(34)36-25(29-20)30-21(23(33)32(5)6)13-16-14-28-19-10-8-7-9-17(16)19/h7-12,14,21,28H,13H2,1-6H3,(H,29,30)(H,31,35)/t21-/m0/s1. The molecule has 2 aromatic carbocycles. The molecule has 0 aliphatic carbocycles. The lowest BCUT2D eigenvalue weighted by atomic mass is 10.0. The summed E-state index contributed by atoms with van der Waals surface area (Å²) in [5.41, 5.74) is 1.89. The molecule has 2 amide bonds. The zero-order valence-corrected chi connectivity index (χ0v) is 21.8. The molecule has 10 nitrogen and oxygen atoms in total. The van der Waals surface area contributed by atoms with Crippen LogP contribution in [0.3, 0.4) is 0 Å². The van der Waals surface area contributed by atoms with Crippen molar-refractivity contribution < 1.29 is 18.7 Å². The van der Waals surface area contributed by atoms with E-state index in [0.717, 1.165) is 16.5 Å². The number of nitrogens with zero attached hydrogens (tertiary/aromatic N) is 2. The van der Waals surface area contributed by atoms with Gasteiger partial charge in [-0.15, -0.1) is 0 Å². The molecule has 0 radical (unpaired) electrons. The summed E-state index contributed by atoms with van der Waals surface area (Å²) in [5.74, 6) is -0.192. The van der Waals surface area contributed by atoms with Crippen LogP contribution in [0.2, 0.25) is 0 Å². The highest BCUT2D eigenvalue weighted by molar-refractivity contribution is 5.93. The molecule has 4 aromatic rings. The van der Waals surface area contributed by atoms with Gasteiger partial charge >= 0.3 is 11.7 Å². The number of rotatable bonds is 6. The predicted octanol–water partition coefficient (Wildman–Crippen LogP) is 4.44. The smallest absolute Gasteiger partial charge is 0.412 e. The van der Waals surface area contributed by atoms with Crippen LogP contribution in [0.5, 0.6) is 0 Å². The second-order valence-electron chi connectivity index (χ2n) is 10.1. The topological polar surface area (TPSA) is 130 Å². The number of hydrogen-bond donors (Lipinski definition) is 3. The number of hydrogen-bond acceptors (Lipinski definition) is 7. The van der Waals surface area contributed by atoms with Gasteiger partial charge in [-0.1, -0.05) is 18.2 Å². The summed E-state index contributed by atoms with van der Waals surface area (Å²) in [4.78, 5) is 47.3. The summed E-state index contributed by atoms with van der Waals surface area (Å²) in [6, 6.07) is 10.3. The third-order valence-electron chi connectivity index (χ3n) is 5.83. The molecule has 1 atom stereocenters. The van der Waals surface area contributed by atoms with Crippen molar-refractivity contribution in [3.8, 4) is 0 Å². The number of anilines is 2. The van der Waals surface area contributed by atoms with Crippen LogP contribution >= 0.6 is 0 Å². The number of H-pyrrole nitrogens is 1. The van der Waals surface area contributed by atoms with Crippen LogP contribution in [0.25, 0.3) is 21.8 Å². The molecule has 0 saturated heterocycles. The lowest BCUT2D eigenvalue weighted by molar-refractivity contribution is -0.129. The average molecular weight is 506 g/mol. The summed E-state index contributed by atoms with van der Waals surface area (Å²) in [6.07, 6.45) is 1.59. The fourth-order valence-corrected chi connectivity index (χ4v) is 4.11. The van der Waals surface area contributed by atoms with E-state index < -0.39 is 23.4 Å². The van der Waals surface area contributed by atoms with Gasteiger partial charge in [0.2, 0.25) is 5.91 Å². The molecule has 2 aromatic heterocycles. The van der Waals surface area contributed by atoms with Gasteiger partial charge < -0.3 is 24.4 Å². The van der Waals surface area contributed by atoms with Gasteiger partial charge in [0.25, 0.3) is 6.01 Å². The highest BCUT2D eigenvalue weighted by Crippen LogP contribution is 2.25. The van der Waals surface area contributed by atoms with Crippen LogP contribution in [0.1, 0.15) is 31.9 Å². The van der Waals surface area contributed by atoms with Crippen molar-refractivity contribution in [3.05, 3.63) is 64.1 Å². The maximum atomic E-state index is 13.0. The molecule has 4 rings (SSSR count). The van der Waals surface area contributed by atoms with Crippen LogP contribution < -0.4 is 16.3 Å². The first-order valence-corrected chi connectivity index (χ1v) is 11.9. The fourth-order valence-electron chi connectivity index (χ4n) is 4.11. The van der Waals surface area contributed by atoms with E-state index in [2.05, 4.69) is 20.6 Å². The molecular weight excluding hydrogens is 474 g/mol. The van der Waals surface area contributed by atoms with E-state index in [1.807, 2.05) is 30.5 Å². The van der Waals surface area contributed by atoms with E-state index >= 15 is 0 Å². The van der Waals surface area contributed by atoms with Crippen LogP contribution in [0.15, 0.2) is 51.8 Å². The zero-order valence-electron chi connectivity index (χ0n) is 21.8. The average Bonchev–Trinajstić information content (AvgIpc) is 3.21. The maximum absolute atomic E-state index is 13.0. The van der Waals surface area contributed by atoms with Gasteiger partial charge in [-0.05, 0) is 57.0 Å². The first-order chi connectivity index (χ1) is 17.4. The van der Waals surface area contributed by atoms with Gasteiger partial charge in [0, 0.05) is 43.3 Å². The highest BCUT2D eigenvalue weighted by atomic mass is 16.6. The van der Waals surface area contributed by atoms with Gasteiger partial charge in [0.1, 0.15) is 11.6 Å². The van der Waals surface area contributed by atoms with Crippen molar-refractivity contribution in [3.63, 3.8) is 0 Å². The maximum Gasteiger partial charge on any atom is 0.412 e. The number of nitrogens with one attached hydrogen (secondary N) is 3. The summed E-state index contributed by atoms with van der Waals surface area (Å²) in [5, 5.41) is 6.91. The van der Waals surface area contributed by atoms with Crippen molar-refractivity contribution in [2.45, 2.75) is 45.8 Å². The molecule has 0 saturated carbocycles. The first-order valence-electron chi connectivity index (χ1n) is 11.9. The SMILES string of the molecule is Cc1c(NC(=O)OC(C)(C)C)ccc2nc(N[C@@H](Cc3c[nH]c4ccccc34)C(=O)N(C)C)oc(=O)c12. The molecule has 0 unspecified atom stereocenters. The third-order valence-corrected chi connectivity index (χ3v) is 5.83. The fraction of sp³-hybridized carbons (Fsp3) is 0.333. The number of fused-ring (bicyclic) bond motifs is 2. The minimum atomic E-state index is -0.725. The number of aromatic nitrogens is 2. The molecule has 0 spiro atoms.